The zero-order valence-corrected chi connectivity index (χ0v) is 12.5. The molecule has 0 aliphatic carbocycles. The number of carbonyl (C=O) groups is 1. The molecular formula is C15H16N4O4. The molecule has 0 saturated heterocycles. The van der Waals surface area contributed by atoms with Crippen LogP contribution in [0.3, 0.4) is 0 Å². The molecule has 0 radical (unpaired) electrons. The van der Waals surface area contributed by atoms with Gasteiger partial charge in [0.25, 0.3) is 5.69 Å². The number of pyridine rings is 1. The monoisotopic (exact) mass is 316 g/mol. The van der Waals surface area contributed by atoms with E-state index in [1.54, 1.807) is 30.5 Å². The maximum absolute atomic E-state index is 11.8. The number of nitrogens with one attached hydrogen (secondary N) is 2. The topological polar surface area (TPSA) is 106 Å². The number of nitro benzene ring substituents is 1. The Morgan fingerprint density at radius 3 is 2.78 bits per heavy atom. The number of hydrogen-bond donors (Lipinski definition) is 2. The average Bonchev–Trinajstić information content (AvgIpc) is 2.58. The standard InChI is InChI=1S/C15H16N4O4/c1-23-14-12(5-3-7-16-14)10-18-15(20)17-9-11-4-2-6-13(8-11)19(21)22/h2-8H,9-10H2,1H3,(H2,17,18,20). The Kier molecular flexibility index (Phi) is 5.45. The molecule has 2 rings (SSSR count). The number of rotatable bonds is 6. The van der Waals surface area contributed by atoms with E-state index in [1.807, 2.05) is 0 Å². The van der Waals surface area contributed by atoms with Crippen LogP contribution in [0.25, 0.3) is 0 Å². The average molecular weight is 316 g/mol. The molecule has 0 bridgehead atoms. The summed E-state index contributed by atoms with van der Waals surface area (Å²) in [6.45, 7) is 0.454. The van der Waals surface area contributed by atoms with Gasteiger partial charge in [0.15, 0.2) is 0 Å². The van der Waals surface area contributed by atoms with Gasteiger partial charge in [-0.1, -0.05) is 18.2 Å². The van der Waals surface area contributed by atoms with Crippen LogP contribution in [-0.4, -0.2) is 23.0 Å². The number of nitro groups is 1. The van der Waals surface area contributed by atoms with Crippen LogP contribution in [0.1, 0.15) is 11.1 Å². The van der Waals surface area contributed by atoms with Crippen LogP contribution in [0.5, 0.6) is 5.88 Å². The van der Waals surface area contributed by atoms with Gasteiger partial charge in [0, 0.05) is 37.0 Å². The molecule has 0 atom stereocenters. The summed E-state index contributed by atoms with van der Waals surface area (Å²) in [6.07, 6.45) is 1.60. The Labute approximate surface area is 132 Å². The lowest BCUT2D eigenvalue weighted by Gasteiger charge is -2.09. The van der Waals surface area contributed by atoms with Crippen LogP contribution < -0.4 is 15.4 Å². The lowest BCUT2D eigenvalue weighted by Crippen LogP contribution is -2.34. The lowest BCUT2D eigenvalue weighted by molar-refractivity contribution is -0.384. The molecule has 0 spiro atoms. The fourth-order valence-electron chi connectivity index (χ4n) is 1.94. The Balaban J connectivity index is 1.86. The van der Waals surface area contributed by atoms with Gasteiger partial charge in [-0.25, -0.2) is 9.78 Å². The Hall–Kier alpha value is -3.16. The zero-order chi connectivity index (χ0) is 16.7. The summed E-state index contributed by atoms with van der Waals surface area (Å²) in [6, 6.07) is 9.27. The summed E-state index contributed by atoms with van der Waals surface area (Å²) in [5.41, 5.74) is 1.39. The molecule has 2 N–H and O–H groups in total. The van der Waals surface area contributed by atoms with E-state index in [2.05, 4.69) is 15.6 Å². The van der Waals surface area contributed by atoms with E-state index in [-0.39, 0.29) is 24.8 Å². The first-order valence-corrected chi connectivity index (χ1v) is 6.83. The minimum absolute atomic E-state index is 0.00944. The fraction of sp³-hybridized carbons (Fsp3) is 0.200. The summed E-state index contributed by atoms with van der Waals surface area (Å²) >= 11 is 0. The maximum Gasteiger partial charge on any atom is 0.315 e. The molecule has 0 aliphatic rings. The number of benzene rings is 1. The van der Waals surface area contributed by atoms with Gasteiger partial charge in [0.05, 0.1) is 12.0 Å². The van der Waals surface area contributed by atoms with E-state index >= 15 is 0 Å². The molecule has 2 amide bonds. The van der Waals surface area contributed by atoms with E-state index < -0.39 is 4.92 Å². The second-order valence-corrected chi connectivity index (χ2v) is 4.64. The van der Waals surface area contributed by atoms with Crippen molar-refractivity contribution in [3.05, 3.63) is 63.8 Å². The first-order valence-electron chi connectivity index (χ1n) is 6.83. The molecule has 1 aromatic heterocycles. The van der Waals surface area contributed by atoms with Crippen molar-refractivity contribution < 1.29 is 14.5 Å². The number of methoxy groups -OCH3 is 1. The molecular weight excluding hydrogens is 300 g/mol. The SMILES string of the molecule is COc1ncccc1CNC(=O)NCc1cccc([N+](=O)[O-])c1. The van der Waals surface area contributed by atoms with E-state index in [9.17, 15) is 14.9 Å². The fourth-order valence-corrected chi connectivity index (χ4v) is 1.94. The third-order valence-corrected chi connectivity index (χ3v) is 3.06. The molecule has 0 fully saturated rings. The smallest absolute Gasteiger partial charge is 0.315 e. The largest absolute Gasteiger partial charge is 0.481 e. The van der Waals surface area contributed by atoms with Crippen LogP contribution in [0, 0.1) is 10.1 Å². The van der Waals surface area contributed by atoms with Gasteiger partial charge in [0.2, 0.25) is 5.88 Å². The second kappa shape index (κ2) is 7.74. The van der Waals surface area contributed by atoms with Crippen molar-refractivity contribution >= 4 is 11.7 Å². The molecule has 8 nitrogen and oxygen atoms in total. The molecule has 1 heterocycles. The highest BCUT2D eigenvalue weighted by Gasteiger charge is 2.08. The maximum atomic E-state index is 11.8. The minimum atomic E-state index is -0.474. The minimum Gasteiger partial charge on any atom is -0.481 e. The number of aromatic nitrogens is 1. The molecule has 0 saturated carbocycles. The van der Waals surface area contributed by atoms with Crippen LogP contribution in [0.4, 0.5) is 10.5 Å². The number of carbonyl (C=O) groups excluding carboxylic acids is 1. The van der Waals surface area contributed by atoms with Gasteiger partial charge < -0.3 is 15.4 Å². The van der Waals surface area contributed by atoms with Gasteiger partial charge >= 0.3 is 6.03 Å². The van der Waals surface area contributed by atoms with Gasteiger partial charge in [0.1, 0.15) is 0 Å². The van der Waals surface area contributed by atoms with Crippen molar-refractivity contribution in [1.29, 1.82) is 0 Å². The van der Waals surface area contributed by atoms with Crippen LogP contribution in [0.2, 0.25) is 0 Å². The van der Waals surface area contributed by atoms with E-state index in [1.165, 1.54) is 19.2 Å². The van der Waals surface area contributed by atoms with Crippen molar-refractivity contribution in [1.82, 2.24) is 15.6 Å². The molecule has 120 valence electrons. The number of urea groups is 1. The van der Waals surface area contributed by atoms with Gasteiger partial charge in [-0.15, -0.1) is 0 Å². The number of hydrogen-bond acceptors (Lipinski definition) is 5. The predicted octanol–water partition coefficient (Wildman–Crippen LogP) is 2.00. The van der Waals surface area contributed by atoms with E-state index in [0.29, 0.717) is 11.4 Å². The first kappa shape index (κ1) is 16.2. The third kappa shape index (κ3) is 4.67. The lowest BCUT2D eigenvalue weighted by atomic mass is 10.2. The number of amides is 2. The molecule has 8 heteroatoms. The number of non-ortho nitro benzene ring substituents is 1. The summed E-state index contributed by atoms with van der Waals surface area (Å²) < 4.78 is 5.10. The number of ether oxygens (including phenoxy) is 1. The van der Waals surface area contributed by atoms with E-state index in [0.717, 1.165) is 5.56 Å². The molecule has 2 aromatic rings. The Bertz CT molecular complexity index is 705. The zero-order valence-electron chi connectivity index (χ0n) is 12.5. The van der Waals surface area contributed by atoms with Crippen molar-refractivity contribution in [2.75, 3.05) is 7.11 Å². The van der Waals surface area contributed by atoms with Gasteiger partial charge in [-0.3, -0.25) is 10.1 Å². The predicted molar refractivity (Wildman–Crippen MR) is 83.0 cm³/mol. The molecule has 1 aromatic carbocycles. The Morgan fingerprint density at radius 2 is 2.04 bits per heavy atom. The van der Waals surface area contributed by atoms with Crippen LogP contribution in [0.15, 0.2) is 42.6 Å². The highest BCUT2D eigenvalue weighted by molar-refractivity contribution is 5.73. The molecule has 0 aliphatic heterocycles. The first-order chi connectivity index (χ1) is 11.1. The number of nitrogens with zero attached hydrogens (tertiary/aromatic N) is 2. The molecule has 23 heavy (non-hydrogen) atoms. The highest BCUT2D eigenvalue weighted by Crippen LogP contribution is 2.13. The van der Waals surface area contributed by atoms with Crippen molar-refractivity contribution in [2.45, 2.75) is 13.1 Å². The summed E-state index contributed by atoms with van der Waals surface area (Å²) in [5, 5.41) is 16.0. The third-order valence-electron chi connectivity index (χ3n) is 3.06. The quantitative estimate of drug-likeness (QED) is 0.626. The van der Waals surface area contributed by atoms with Crippen molar-refractivity contribution in [3.8, 4) is 5.88 Å². The van der Waals surface area contributed by atoms with Crippen LogP contribution >= 0.6 is 0 Å². The molecule has 0 unspecified atom stereocenters. The summed E-state index contributed by atoms with van der Waals surface area (Å²) in [7, 11) is 1.51. The summed E-state index contributed by atoms with van der Waals surface area (Å²) in [4.78, 5) is 26.1. The van der Waals surface area contributed by atoms with Crippen molar-refractivity contribution in [2.24, 2.45) is 0 Å². The van der Waals surface area contributed by atoms with Crippen LogP contribution in [-0.2, 0) is 13.1 Å². The summed E-state index contributed by atoms with van der Waals surface area (Å²) in [5.74, 6) is 0.450. The second-order valence-electron chi connectivity index (χ2n) is 4.64. The normalized spacial score (nSPS) is 9.96. The highest BCUT2D eigenvalue weighted by atomic mass is 16.6. The van der Waals surface area contributed by atoms with Gasteiger partial charge in [-0.05, 0) is 11.6 Å². The van der Waals surface area contributed by atoms with Gasteiger partial charge in [-0.2, -0.15) is 0 Å². The Morgan fingerprint density at radius 1 is 1.26 bits per heavy atom. The van der Waals surface area contributed by atoms with E-state index in [4.69, 9.17) is 4.74 Å². The van der Waals surface area contributed by atoms with Crippen molar-refractivity contribution in [3.63, 3.8) is 0 Å².